The third-order valence-corrected chi connectivity index (χ3v) is 4.06. The standard InChI is InChI=1S/C12H24N2O2/c1-9(10-4-13-5-10)6-14-7-11(15-2)12(8-14)16-3/h9-13H,4-8H2,1-3H3. The third-order valence-electron chi connectivity index (χ3n) is 4.06. The lowest BCUT2D eigenvalue weighted by Gasteiger charge is -2.34. The van der Waals surface area contributed by atoms with E-state index in [4.69, 9.17) is 9.47 Å². The van der Waals surface area contributed by atoms with Crippen LogP contribution in [0.2, 0.25) is 0 Å². The molecule has 0 aromatic heterocycles. The largest absolute Gasteiger partial charge is 0.377 e. The van der Waals surface area contributed by atoms with E-state index in [0.717, 1.165) is 24.9 Å². The zero-order valence-corrected chi connectivity index (χ0v) is 10.6. The number of nitrogens with one attached hydrogen (secondary N) is 1. The molecule has 16 heavy (non-hydrogen) atoms. The summed E-state index contributed by atoms with van der Waals surface area (Å²) in [7, 11) is 3.55. The molecule has 2 aliphatic heterocycles. The molecule has 0 radical (unpaired) electrons. The summed E-state index contributed by atoms with van der Waals surface area (Å²) in [5, 5.41) is 3.34. The normalized spacial score (nSPS) is 33.9. The van der Waals surface area contributed by atoms with Gasteiger partial charge in [-0.3, -0.25) is 4.90 Å². The lowest BCUT2D eigenvalue weighted by Crippen LogP contribution is -2.48. The Morgan fingerprint density at radius 2 is 1.75 bits per heavy atom. The van der Waals surface area contributed by atoms with Crippen molar-refractivity contribution >= 4 is 0 Å². The van der Waals surface area contributed by atoms with Crippen molar-refractivity contribution in [3.8, 4) is 0 Å². The molecule has 0 spiro atoms. The highest BCUT2D eigenvalue weighted by Gasteiger charge is 2.34. The molecule has 4 heteroatoms. The Hall–Kier alpha value is -0.160. The van der Waals surface area contributed by atoms with Gasteiger partial charge in [-0.15, -0.1) is 0 Å². The van der Waals surface area contributed by atoms with E-state index in [1.165, 1.54) is 19.6 Å². The quantitative estimate of drug-likeness (QED) is 0.728. The zero-order chi connectivity index (χ0) is 11.5. The average molecular weight is 228 g/mol. The van der Waals surface area contributed by atoms with Crippen molar-refractivity contribution < 1.29 is 9.47 Å². The first-order chi connectivity index (χ1) is 7.74. The first kappa shape index (κ1) is 12.3. The molecule has 0 aliphatic carbocycles. The molecule has 94 valence electrons. The number of rotatable bonds is 5. The molecule has 2 fully saturated rings. The second kappa shape index (κ2) is 5.45. The summed E-state index contributed by atoms with van der Waals surface area (Å²) in [4.78, 5) is 2.48. The minimum Gasteiger partial charge on any atom is -0.377 e. The number of hydrogen-bond donors (Lipinski definition) is 1. The van der Waals surface area contributed by atoms with Crippen LogP contribution in [-0.2, 0) is 9.47 Å². The van der Waals surface area contributed by atoms with Crippen LogP contribution in [0.1, 0.15) is 6.92 Å². The number of methoxy groups -OCH3 is 2. The molecular weight excluding hydrogens is 204 g/mol. The van der Waals surface area contributed by atoms with Crippen LogP contribution in [0.3, 0.4) is 0 Å². The molecule has 2 saturated heterocycles. The molecule has 0 aromatic rings. The molecule has 0 bridgehead atoms. The van der Waals surface area contributed by atoms with Gasteiger partial charge in [-0.2, -0.15) is 0 Å². The second-order valence-electron chi connectivity index (χ2n) is 5.16. The predicted molar refractivity (Wildman–Crippen MR) is 63.6 cm³/mol. The Balaban J connectivity index is 1.78. The predicted octanol–water partition coefficient (Wildman–Crippen LogP) is 0.188. The highest BCUT2D eigenvalue weighted by Crippen LogP contribution is 2.21. The molecule has 0 aromatic carbocycles. The third kappa shape index (κ3) is 2.56. The summed E-state index contributed by atoms with van der Waals surface area (Å²) in [6.45, 7) is 7.94. The molecule has 2 heterocycles. The van der Waals surface area contributed by atoms with Gasteiger partial charge in [0.1, 0.15) is 0 Å². The molecule has 2 rings (SSSR count). The summed E-state index contributed by atoms with van der Waals surface area (Å²) in [5.41, 5.74) is 0. The Morgan fingerprint density at radius 3 is 2.12 bits per heavy atom. The lowest BCUT2D eigenvalue weighted by molar-refractivity contribution is -0.00461. The van der Waals surface area contributed by atoms with E-state index < -0.39 is 0 Å². The van der Waals surface area contributed by atoms with Crippen LogP contribution in [-0.4, -0.2) is 64.1 Å². The maximum absolute atomic E-state index is 5.45. The Kier molecular flexibility index (Phi) is 4.19. The van der Waals surface area contributed by atoms with Crippen molar-refractivity contribution in [2.24, 2.45) is 11.8 Å². The van der Waals surface area contributed by atoms with Crippen LogP contribution in [0.25, 0.3) is 0 Å². The Labute approximate surface area is 98.3 Å². The summed E-state index contributed by atoms with van der Waals surface area (Å²) >= 11 is 0. The zero-order valence-electron chi connectivity index (χ0n) is 10.6. The van der Waals surface area contributed by atoms with Crippen molar-refractivity contribution in [1.82, 2.24) is 10.2 Å². The fourth-order valence-electron chi connectivity index (χ4n) is 2.69. The van der Waals surface area contributed by atoms with E-state index in [2.05, 4.69) is 17.1 Å². The van der Waals surface area contributed by atoms with Crippen molar-refractivity contribution in [1.29, 1.82) is 0 Å². The fraction of sp³-hybridized carbons (Fsp3) is 1.00. The van der Waals surface area contributed by atoms with Gasteiger partial charge in [-0.05, 0) is 24.9 Å². The van der Waals surface area contributed by atoms with Crippen molar-refractivity contribution in [3.05, 3.63) is 0 Å². The van der Waals surface area contributed by atoms with E-state index in [-0.39, 0.29) is 12.2 Å². The minimum atomic E-state index is 0.247. The molecule has 3 unspecified atom stereocenters. The van der Waals surface area contributed by atoms with E-state index in [1.807, 2.05) is 0 Å². The van der Waals surface area contributed by atoms with Crippen LogP contribution in [0, 0.1) is 11.8 Å². The smallest absolute Gasteiger partial charge is 0.0971 e. The Morgan fingerprint density at radius 1 is 1.19 bits per heavy atom. The molecular formula is C12H24N2O2. The average Bonchev–Trinajstić information content (AvgIpc) is 2.57. The van der Waals surface area contributed by atoms with E-state index in [0.29, 0.717) is 0 Å². The van der Waals surface area contributed by atoms with E-state index >= 15 is 0 Å². The Bertz CT molecular complexity index is 209. The van der Waals surface area contributed by atoms with Crippen LogP contribution < -0.4 is 5.32 Å². The van der Waals surface area contributed by atoms with Gasteiger partial charge in [0, 0.05) is 33.9 Å². The summed E-state index contributed by atoms with van der Waals surface area (Å²) < 4.78 is 10.9. The number of ether oxygens (including phenoxy) is 2. The van der Waals surface area contributed by atoms with Crippen LogP contribution in [0.15, 0.2) is 0 Å². The first-order valence-electron chi connectivity index (χ1n) is 6.23. The summed E-state index contributed by atoms with van der Waals surface area (Å²) in [6, 6.07) is 0. The van der Waals surface area contributed by atoms with Crippen molar-refractivity contribution in [2.45, 2.75) is 19.1 Å². The van der Waals surface area contributed by atoms with Gasteiger partial charge in [0.2, 0.25) is 0 Å². The number of nitrogens with zero attached hydrogens (tertiary/aromatic N) is 1. The van der Waals surface area contributed by atoms with Gasteiger partial charge in [-0.25, -0.2) is 0 Å². The lowest BCUT2D eigenvalue weighted by atomic mass is 9.89. The van der Waals surface area contributed by atoms with Gasteiger partial charge in [0.25, 0.3) is 0 Å². The second-order valence-corrected chi connectivity index (χ2v) is 5.16. The highest BCUT2D eigenvalue weighted by molar-refractivity contribution is 4.88. The van der Waals surface area contributed by atoms with E-state index in [1.54, 1.807) is 14.2 Å². The molecule has 0 saturated carbocycles. The van der Waals surface area contributed by atoms with Crippen LogP contribution >= 0.6 is 0 Å². The summed E-state index contributed by atoms with van der Waals surface area (Å²) in [5.74, 6) is 1.64. The number of likely N-dealkylation sites (tertiary alicyclic amines) is 1. The van der Waals surface area contributed by atoms with E-state index in [9.17, 15) is 0 Å². The number of hydrogen-bond acceptors (Lipinski definition) is 4. The highest BCUT2D eigenvalue weighted by atomic mass is 16.5. The van der Waals surface area contributed by atoms with Gasteiger partial charge in [0.05, 0.1) is 12.2 Å². The van der Waals surface area contributed by atoms with Crippen LogP contribution in [0.4, 0.5) is 0 Å². The SMILES string of the molecule is COC1CN(CC(C)C2CNC2)CC1OC. The maximum Gasteiger partial charge on any atom is 0.0971 e. The summed E-state index contributed by atoms with van der Waals surface area (Å²) in [6.07, 6.45) is 0.494. The van der Waals surface area contributed by atoms with Gasteiger partial charge >= 0.3 is 0 Å². The molecule has 0 amide bonds. The molecule has 1 N–H and O–H groups in total. The van der Waals surface area contributed by atoms with Gasteiger partial charge in [0.15, 0.2) is 0 Å². The van der Waals surface area contributed by atoms with Crippen molar-refractivity contribution in [2.75, 3.05) is 46.9 Å². The minimum absolute atomic E-state index is 0.247. The topological polar surface area (TPSA) is 33.7 Å². The van der Waals surface area contributed by atoms with Crippen LogP contribution in [0.5, 0.6) is 0 Å². The van der Waals surface area contributed by atoms with Gasteiger partial charge < -0.3 is 14.8 Å². The molecule has 2 aliphatic rings. The molecule has 4 nitrogen and oxygen atoms in total. The maximum atomic E-state index is 5.45. The van der Waals surface area contributed by atoms with Crippen molar-refractivity contribution in [3.63, 3.8) is 0 Å². The monoisotopic (exact) mass is 228 g/mol. The van der Waals surface area contributed by atoms with Gasteiger partial charge in [-0.1, -0.05) is 6.92 Å². The first-order valence-corrected chi connectivity index (χ1v) is 6.23. The fourth-order valence-corrected chi connectivity index (χ4v) is 2.69. The molecule has 3 atom stereocenters.